The van der Waals surface area contributed by atoms with Crippen molar-refractivity contribution in [1.82, 2.24) is 5.32 Å². The molecule has 0 rings (SSSR count). The molecule has 3 N–H and O–H groups in total. The van der Waals surface area contributed by atoms with Crippen LogP contribution in [0.25, 0.3) is 0 Å². The Morgan fingerprint density at radius 3 is 0.924 bits per heavy atom. The van der Waals surface area contributed by atoms with Gasteiger partial charge in [-0.25, -0.2) is 0 Å². The number of nitrogens with one attached hydrogen (secondary N) is 1. The van der Waals surface area contributed by atoms with Gasteiger partial charge in [0, 0.05) is 12.8 Å². The minimum Gasteiger partial charge on any atom is -0.466 e. The number of aliphatic hydroxyl groups excluding tert-OH is 2. The number of rotatable bonds is 57. The van der Waals surface area contributed by atoms with E-state index < -0.39 is 12.1 Å². The molecule has 0 aliphatic rings. The Labute approximate surface area is 413 Å². The molecule has 6 heteroatoms. The SMILES string of the molecule is CCCCCCCCCCCCCCCCCCCC(=O)OCCCCCCCCCCCCCCCCCCCCCCC(=O)NC(CO)C(O)CCCCCCCCCCCCCC. The summed E-state index contributed by atoms with van der Waals surface area (Å²) >= 11 is 0. The maximum Gasteiger partial charge on any atom is 0.305 e. The van der Waals surface area contributed by atoms with Gasteiger partial charge in [-0.3, -0.25) is 9.59 Å². The molecule has 0 radical (unpaired) electrons. The Balaban J connectivity index is 3.34. The standard InChI is InChI=1S/C60H119NO5/c1-3-5-7-9-11-13-15-17-18-23-27-30-34-38-42-46-50-54-60(65)66-55-51-47-43-39-35-31-28-25-22-20-19-21-24-26-29-33-37-41-45-49-53-59(64)61-57(56-62)58(63)52-48-44-40-36-32-16-14-12-10-8-6-4-2/h57-58,62-63H,3-56H2,1-2H3,(H,61,64). The Morgan fingerprint density at radius 1 is 0.364 bits per heavy atom. The van der Waals surface area contributed by atoms with Crippen LogP contribution in [0.1, 0.15) is 348 Å². The van der Waals surface area contributed by atoms with Crippen molar-refractivity contribution < 1.29 is 24.5 Å². The average Bonchev–Trinajstić information content (AvgIpc) is 3.32. The molecule has 0 bridgehead atoms. The lowest BCUT2D eigenvalue weighted by molar-refractivity contribution is -0.143. The van der Waals surface area contributed by atoms with Gasteiger partial charge in [-0.05, 0) is 25.7 Å². The predicted octanol–water partition coefficient (Wildman–Crippen LogP) is 18.7. The topological polar surface area (TPSA) is 95.9 Å². The number of hydrogen-bond donors (Lipinski definition) is 3. The highest BCUT2D eigenvalue weighted by Crippen LogP contribution is 2.18. The van der Waals surface area contributed by atoms with E-state index in [4.69, 9.17) is 4.74 Å². The van der Waals surface area contributed by atoms with Gasteiger partial charge in [0.1, 0.15) is 0 Å². The molecule has 394 valence electrons. The van der Waals surface area contributed by atoms with Crippen LogP contribution in [0.3, 0.4) is 0 Å². The number of unbranched alkanes of at least 4 members (excludes halogenated alkanes) is 46. The van der Waals surface area contributed by atoms with Gasteiger partial charge in [0.05, 0.1) is 25.4 Å². The fourth-order valence-electron chi connectivity index (χ4n) is 9.76. The molecule has 2 unspecified atom stereocenters. The minimum absolute atomic E-state index is 0.0154. The van der Waals surface area contributed by atoms with Crippen LogP contribution in [-0.2, 0) is 14.3 Å². The van der Waals surface area contributed by atoms with Crippen molar-refractivity contribution >= 4 is 11.9 Å². The molecule has 0 fully saturated rings. The van der Waals surface area contributed by atoms with Gasteiger partial charge in [-0.1, -0.05) is 309 Å². The zero-order chi connectivity index (χ0) is 47.9. The van der Waals surface area contributed by atoms with Gasteiger partial charge >= 0.3 is 5.97 Å². The third kappa shape index (κ3) is 52.2. The van der Waals surface area contributed by atoms with Crippen molar-refractivity contribution in [1.29, 1.82) is 0 Å². The van der Waals surface area contributed by atoms with Gasteiger partial charge in [0.25, 0.3) is 0 Å². The summed E-state index contributed by atoms with van der Waals surface area (Å²) in [5.74, 6) is -0.0197. The third-order valence-electron chi connectivity index (χ3n) is 14.4. The lowest BCUT2D eigenvalue weighted by Gasteiger charge is -2.22. The van der Waals surface area contributed by atoms with Crippen LogP contribution < -0.4 is 5.32 Å². The summed E-state index contributed by atoms with van der Waals surface area (Å²) < 4.78 is 5.50. The van der Waals surface area contributed by atoms with Crippen molar-refractivity contribution in [2.75, 3.05) is 13.2 Å². The van der Waals surface area contributed by atoms with Crippen molar-refractivity contribution in [3.05, 3.63) is 0 Å². The third-order valence-corrected chi connectivity index (χ3v) is 14.4. The number of carbonyl (C=O) groups excluding carboxylic acids is 2. The first kappa shape index (κ1) is 64.9. The molecule has 1 amide bonds. The van der Waals surface area contributed by atoms with Crippen molar-refractivity contribution in [3.63, 3.8) is 0 Å². The summed E-state index contributed by atoms with van der Waals surface area (Å²) in [5, 5.41) is 23.2. The van der Waals surface area contributed by atoms with E-state index in [1.165, 1.54) is 276 Å². The second-order valence-corrected chi connectivity index (χ2v) is 21.1. The van der Waals surface area contributed by atoms with Crippen LogP contribution in [0.15, 0.2) is 0 Å². The van der Waals surface area contributed by atoms with Crippen molar-refractivity contribution in [2.45, 2.75) is 360 Å². The number of aliphatic hydroxyl groups is 2. The average molecular weight is 935 g/mol. The van der Waals surface area contributed by atoms with Crippen LogP contribution in [0.4, 0.5) is 0 Å². The minimum atomic E-state index is -0.663. The quantitative estimate of drug-likeness (QED) is 0.0417. The zero-order valence-corrected chi connectivity index (χ0v) is 45.0. The first-order valence-corrected chi connectivity index (χ1v) is 30.3. The van der Waals surface area contributed by atoms with E-state index in [2.05, 4.69) is 19.2 Å². The van der Waals surface area contributed by atoms with Crippen LogP contribution in [0, 0.1) is 0 Å². The second kappa shape index (κ2) is 56.4. The smallest absolute Gasteiger partial charge is 0.305 e. The highest BCUT2D eigenvalue weighted by molar-refractivity contribution is 5.76. The Bertz CT molecular complexity index is 944. The maximum absolute atomic E-state index is 12.5. The van der Waals surface area contributed by atoms with Gasteiger partial charge in [-0.15, -0.1) is 0 Å². The van der Waals surface area contributed by atoms with Crippen LogP contribution in [0.5, 0.6) is 0 Å². The predicted molar refractivity (Wildman–Crippen MR) is 287 cm³/mol. The number of amides is 1. The summed E-state index contributed by atoms with van der Waals surface area (Å²) in [6.45, 7) is 4.97. The van der Waals surface area contributed by atoms with E-state index in [-0.39, 0.29) is 18.5 Å². The molecule has 2 atom stereocenters. The van der Waals surface area contributed by atoms with E-state index in [1.807, 2.05) is 0 Å². The highest BCUT2D eigenvalue weighted by Gasteiger charge is 2.20. The van der Waals surface area contributed by atoms with Gasteiger partial charge in [0.2, 0.25) is 5.91 Å². The molecule has 0 heterocycles. The molecule has 0 aromatic heterocycles. The summed E-state index contributed by atoms with van der Waals surface area (Å²) in [4.78, 5) is 24.5. The Hall–Kier alpha value is -1.14. The second-order valence-electron chi connectivity index (χ2n) is 21.1. The zero-order valence-electron chi connectivity index (χ0n) is 45.0. The molecule has 0 aromatic carbocycles. The van der Waals surface area contributed by atoms with Crippen LogP contribution >= 0.6 is 0 Å². The number of hydrogen-bond acceptors (Lipinski definition) is 5. The summed E-state index contributed by atoms with van der Waals surface area (Å²) in [6.07, 6.45) is 65.3. The van der Waals surface area contributed by atoms with E-state index in [9.17, 15) is 19.8 Å². The molecule has 6 nitrogen and oxygen atoms in total. The maximum atomic E-state index is 12.5. The first-order valence-electron chi connectivity index (χ1n) is 30.3. The summed E-state index contributed by atoms with van der Waals surface area (Å²) in [6, 6.07) is -0.540. The van der Waals surface area contributed by atoms with Gasteiger partial charge in [-0.2, -0.15) is 0 Å². The fourth-order valence-corrected chi connectivity index (χ4v) is 9.76. The number of ether oxygens (including phenoxy) is 1. The van der Waals surface area contributed by atoms with E-state index in [1.54, 1.807) is 0 Å². The molecular weight excluding hydrogens is 815 g/mol. The van der Waals surface area contributed by atoms with E-state index >= 15 is 0 Å². The lowest BCUT2D eigenvalue weighted by atomic mass is 10.0. The largest absolute Gasteiger partial charge is 0.466 e. The van der Waals surface area contributed by atoms with Crippen molar-refractivity contribution in [3.8, 4) is 0 Å². The molecular formula is C60H119NO5. The van der Waals surface area contributed by atoms with E-state index in [0.717, 1.165) is 38.5 Å². The molecule has 0 spiro atoms. The van der Waals surface area contributed by atoms with Crippen molar-refractivity contribution in [2.24, 2.45) is 0 Å². The van der Waals surface area contributed by atoms with Gasteiger partial charge in [0.15, 0.2) is 0 Å². The van der Waals surface area contributed by atoms with Crippen LogP contribution in [-0.4, -0.2) is 47.4 Å². The Kier molecular flexibility index (Phi) is 55.5. The molecule has 0 aromatic rings. The molecule has 66 heavy (non-hydrogen) atoms. The molecule has 0 aliphatic heterocycles. The number of carbonyl (C=O) groups is 2. The fraction of sp³-hybridized carbons (Fsp3) is 0.967. The Morgan fingerprint density at radius 2 is 0.621 bits per heavy atom. The lowest BCUT2D eigenvalue weighted by Crippen LogP contribution is -2.45. The number of esters is 1. The molecule has 0 saturated carbocycles. The summed E-state index contributed by atoms with van der Waals surface area (Å²) in [5.41, 5.74) is 0. The molecule has 0 saturated heterocycles. The molecule has 0 aliphatic carbocycles. The van der Waals surface area contributed by atoms with E-state index in [0.29, 0.717) is 25.9 Å². The highest BCUT2D eigenvalue weighted by atomic mass is 16.5. The summed E-state index contributed by atoms with van der Waals surface area (Å²) in [7, 11) is 0. The monoisotopic (exact) mass is 934 g/mol. The normalized spacial score (nSPS) is 12.5. The van der Waals surface area contributed by atoms with Gasteiger partial charge < -0.3 is 20.3 Å². The first-order chi connectivity index (χ1) is 32.5. The van der Waals surface area contributed by atoms with Crippen LogP contribution in [0.2, 0.25) is 0 Å².